The molecule has 1 aromatic rings. The molecule has 0 N–H and O–H groups in total. The zero-order chi connectivity index (χ0) is 15.6. The highest BCUT2D eigenvalue weighted by Gasteiger charge is 2.45. The van der Waals surface area contributed by atoms with Gasteiger partial charge < -0.3 is 4.74 Å². The Balaban J connectivity index is 1.32. The summed E-state index contributed by atoms with van der Waals surface area (Å²) in [5.74, 6) is 3.06. The fourth-order valence-corrected chi connectivity index (χ4v) is 3.50. The fraction of sp³-hybridized carbons (Fsp3) is 0.476. The molecule has 2 fully saturated rings. The number of Topliss-reactive ketones (excluding diaryl/α,β-unsaturated/α-hetero) is 1. The van der Waals surface area contributed by atoms with Crippen LogP contribution in [-0.2, 0) is 16.1 Å². The molecule has 3 aliphatic carbocycles. The van der Waals surface area contributed by atoms with Gasteiger partial charge in [-0.25, -0.2) is 0 Å². The molecule has 2 heteroatoms. The predicted octanol–water partition coefficient (Wildman–Crippen LogP) is 4.81. The number of rotatable bonds is 7. The summed E-state index contributed by atoms with van der Waals surface area (Å²) in [6.07, 6.45) is 10.9. The van der Waals surface area contributed by atoms with E-state index in [0.717, 1.165) is 31.4 Å². The summed E-state index contributed by atoms with van der Waals surface area (Å²) in [7, 11) is 0. The standard InChI is InChI=1S/C21H24O2/c22-21(11-15-9-10-15)20-13-19(20)17-7-4-8-18(12-17)23-14-16-5-2-1-3-6-16/h1-3,5-7,12,15,19-20H,4,8-11,13-14H2. The summed E-state index contributed by atoms with van der Waals surface area (Å²) in [5, 5.41) is 0. The molecule has 0 heterocycles. The van der Waals surface area contributed by atoms with Gasteiger partial charge in [0.05, 0.1) is 5.76 Å². The minimum atomic E-state index is 0.298. The lowest BCUT2D eigenvalue weighted by molar-refractivity contribution is -0.120. The molecule has 2 nitrogen and oxygen atoms in total. The predicted molar refractivity (Wildman–Crippen MR) is 90.6 cm³/mol. The van der Waals surface area contributed by atoms with Crippen molar-refractivity contribution in [3.05, 3.63) is 59.4 Å². The molecular formula is C21H24O2. The fourth-order valence-electron chi connectivity index (χ4n) is 3.50. The Kier molecular flexibility index (Phi) is 4.07. The van der Waals surface area contributed by atoms with E-state index in [-0.39, 0.29) is 0 Å². The Bertz CT molecular complexity index is 637. The Hall–Kier alpha value is -1.83. The van der Waals surface area contributed by atoms with Crippen LogP contribution in [0.2, 0.25) is 0 Å². The molecule has 0 aromatic heterocycles. The minimum absolute atomic E-state index is 0.298. The number of hydrogen-bond acceptors (Lipinski definition) is 2. The first-order chi connectivity index (χ1) is 11.3. The van der Waals surface area contributed by atoms with Crippen LogP contribution >= 0.6 is 0 Å². The molecule has 0 bridgehead atoms. The third-order valence-electron chi connectivity index (χ3n) is 5.18. The number of carbonyl (C=O) groups excluding carboxylic acids is 1. The van der Waals surface area contributed by atoms with Crippen molar-refractivity contribution in [2.24, 2.45) is 17.8 Å². The normalized spacial score (nSPS) is 26.3. The van der Waals surface area contributed by atoms with Gasteiger partial charge in [-0.1, -0.05) is 36.4 Å². The molecule has 3 aliphatic rings. The summed E-state index contributed by atoms with van der Waals surface area (Å²) in [4.78, 5) is 12.2. The van der Waals surface area contributed by atoms with E-state index in [1.54, 1.807) is 0 Å². The highest BCUT2D eigenvalue weighted by atomic mass is 16.5. The van der Waals surface area contributed by atoms with Crippen LogP contribution in [0.5, 0.6) is 0 Å². The molecule has 4 rings (SSSR count). The third-order valence-corrected chi connectivity index (χ3v) is 5.18. The third kappa shape index (κ3) is 3.74. The van der Waals surface area contributed by atoms with E-state index in [2.05, 4.69) is 24.3 Å². The van der Waals surface area contributed by atoms with Gasteiger partial charge >= 0.3 is 0 Å². The van der Waals surface area contributed by atoms with E-state index in [4.69, 9.17) is 4.74 Å². The second-order valence-corrected chi connectivity index (χ2v) is 7.19. The van der Waals surface area contributed by atoms with Crippen LogP contribution < -0.4 is 0 Å². The SMILES string of the molecule is O=C(CC1CC1)C1CC1C1=CCCC(OCc2ccccc2)=C1. The summed E-state index contributed by atoms with van der Waals surface area (Å²) in [5.41, 5.74) is 2.54. The second kappa shape index (κ2) is 6.35. The number of benzene rings is 1. The lowest BCUT2D eigenvalue weighted by Gasteiger charge is -2.15. The Morgan fingerprint density at radius 3 is 2.78 bits per heavy atom. The monoisotopic (exact) mass is 308 g/mol. The molecule has 120 valence electrons. The quantitative estimate of drug-likeness (QED) is 0.722. The van der Waals surface area contributed by atoms with Gasteiger partial charge in [0.1, 0.15) is 12.4 Å². The Morgan fingerprint density at radius 2 is 2.00 bits per heavy atom. The van der Waals surface area contributed by atoms with E-state index in [1.807, 2.05) is 18.2 Å². The van der Waals surface area contributed by atoms with Crippen molar-refractivity contribution >= 4 is 5.78 Å². The van der Waals surface area contributed by atoms with Crippen molar-refractivity contribution in [3.63, 3.8) is 0 Å². The zero-order valence-electron chi connectivity index (χ0n) is 13.5. The molecule has 2 atom stereocenters. The van der Waals surface area contributed by atoms with E-state index in [9.17, 15) is 4.79 Å². The summed E-state index contributed by atoms with van der Waals surface area (Å²) < 4.78 is 5.98. The molecule has 23 heavy (non-hydrogen) atoms. The molecular weight excluding hydrogens is 284 g/mol. The van der Waals surface area contributed by atoms with Crippen molar-refractivity contribution in [2.75, 3.05) is 0 Å². The summed E-state index contributed by atoms with van der Waals surface area (Å²) in [6, 6.07) is 10.3. The number of hydrogen-bond donors (Lipinski definition) is 0. The molecule has 2 saturated carbocycles. The second-order valence-electron chi connectivity index (χ2n) is 7.19. The van der Waals surface area contributed by atoms with Crippen molar-refractivity contribution in [3.8, 4) is 0 Å². The average molecular weight is 308 g/mol. The highest BCUT2D eigenvalue weighted by molar-refractivity contribution is 5.85. The average Bonchev–Trinajstić information content (AvgIpc) is 3.48. The molecule has 0 saturated heterocycles. The van der Waals surface area contributed by atoms with E-state index >= 15 is 0 Å². The number of ether oxygens (including phenoxy) is 1. The smallest absolute Gasteiger partial charge is 0.136 e. The van der Waals surface area contributed by atoms with Gasteiger partial charge in [-0.2, -0.15) is 0 Å². The number of allylic oxidation sites excluding steroid dienone is 4. The van der Waals surface area contributed by atoms with E-state index < -0.39 is 0 Å². The first-order valence-corrected chi connectivity index (χ1v) is 8.89. The summed E-state index contributed by atoms with van der Waals surface area (Å²) >= 11 is 0. The van der Waals surface area contributed by atoms with Crippen molar-refractivity contribution in [1.29, 1.82) is 0 Å². The largest absolute Gasteiger partial charge is 0.493 e. The van der Waals surface area contributed by atoms with E-state index in [1.165, 1.54) is 24.0 Å². The first kappa shape index (κ1) is 14.7. The maximum Gasteiger partial charge on any atom is 0.136 e. The topological polar surface area (TPSA) is 26.3 Å². The van der Waals surface area contributed by atoms with Crippen LogP contribution in [0, 0.1) is 17.8 Å². The minimum Gasteiger partial charge on any atom is -0.493 e. The van der Waals surface area contributed by atoms with Crippen LogP contribution in [0.4, 0.5) is 0 Å². The Morgan fingerprint density at radius 1 is 1.17 bits per heavy atom. The van der Waals surface area contributed by atoms with Gasteiger partial charge in [0, 0.05) is 18.8 Å². The summed E-state index contributed by atoms with van der Waals surface area (Å²) in [6.45, 7) is 0.634. The van der Waals surface area contributed by atoms with Gasteiger partial charge in [0.2, 0.25) is 0 Å². The lowest BCUT2D eigenvalue weighted by atomic mass is 9.98. The van der Waals surface area contributed by atoms with Crippen molar-refractivity contribution < 1.29 is 9.53 Å². The Labute approximate surface area is 138 Å². The van der Waals surface area contributed by atoms with E-state index in [0.29, 0.717) is 30.1 Å². The van der Waals surface area contributed by atoms with Crippen molar-refractivity contribution in [2.45, 2.75) is 45.1 Å². The van der Waals surface area contributed by atoms with Gasteiger partial charge in [-0.05, 0) is 54.7 Å². The lowest BCUT2D eigenvalue weighted by Crippen LogP contribution is -2.05. The molecule has 2 unspecified atom stereocenters. The molecule has 0 radical (unpaired) electrons. The number of ketones is 1. The van der Waals surface area contributed by atoms with Crippen LogP contribution in [-0.4, -0.2) is 5.78 Å². The molecule has 0 spiro atoms. The van der Waals surface area contributed by atoms with Gasteiger partial charge in [0.15, 0.2) is 0 Å². The van der Waals surface area contributed by atoms with Gasteiger partial charge in [-0.3, -0.25) is 4.79 Å². The maximum atomic E-state index is 12.2. The number of carbonyl (C=O) groups is 1. The molecule has 0 aliphatic heterocycles. The van der Waals surface area contributed by atoms with Crippen LogP contribution in [0.25, 0.3) is 0 Å². The zero-order valence-corrected chi connectivity index (χ0v) is 13.5. The van der Waals surface area contributed by atoms with Crippen LogP contribution in [0.3, 0.4) is 0 Å². The van der Waals surface area contributed by atoms with Gasteiger partial charge in [0.25, 0.3) is 0 Å². The molecule has 1 aromatic carbocycles. The van der Waals surface area contributed by atoms with Crippen molar-refractivity contribution in [1.82, 2.24) is 0 Å². The van der Waals surface area contributed by atoms with Crippen LogP contribution in [0.15, 0.2) is 53.8 Å². The maximum absolute atomic E-state index is 12.2. The van der Waals surface area contributed by atoms with Gasteiger partial charge in [-0.15, -0.1) is 0 Å². The van der Waals surface area contributed by atoms with Crippen LogP contribution in [0.1, 0.15) is 44.1 Å². The first-order valence-electron chi connectivity index (χ1n) is 8.89. The molecule has 0 amide bonds. The highest BCUT2D eigenvalue weighted by Crippen LogP contribution is 2.49.